The second-order valence-electron chi connectivity index (χ2n) is 6.86. The minimum atomic E-state index is -1.28. The van der Waals surface area contributed by atoms with Crippen LogP contribution in [0.5, 0.6) is 0 Å². The van der Waals surface area contributed by atoms with Crippen LogP contribution in [0, 0.1) is 11.3 Å². The molecule has 0 bridgehead atoms. The van der Waals surface area contributed by atoms with Crippen LogP contribution in [-0.4, -0.2) is 35.0 Å². The van der Waals surface area contributed by atoms with E-state index in [1.165, 1.54) is 6.07 Å². The SMILES string of the molecule is N#Cc1cc(C[C@H](NC(=O)OCC2c3ccccc3-c3ccccc32)C(=O)O)on1. The van der Waals surface area contributed by atoms with Gasteiger partial charge >= 0.3 is 12.1 Å². The molecule has 2 aromatic carbocycles. The minimum absolute atomic E-state index is 0.0373. The number of benzene rings is 2. The lowest BCUT2D eigenvalue weighted by atomic mass is 9.98. The molecule has 1 heterocycles. The van der Waals surface area contributed by atoms with Gasteiger partial charge in [-0.1, -0.05) is 53.7 Å². The van der Waals surface area contributed by atoms with Crippen LogP contribution in [-0.2, 0) is 16.0 Å². The number of fused-ring (bicyclic) bond motifs is 3. The molecule has 1 aliphatic rings. The summed E-state index contributed by atoms with van der Waals surface area (Å²) in [4.78, 5) is 23.8. The van der Waals surface area contributed by atoms with E-state index in [9.17, 15) is 14.7 Å². The molecule has 30 heavy (non-hydrogen) atoms. The molecule has 0 saturated carbocycles. The summed E-state index contributed by atoms with van der Waals surface area (Å²) in [5.74, 6) is -1.20. The van der Waals surface area contributed by atoms with Crippen molar-refractivity contribution >= 4 is 12.1 Å². The summed E-state index contributed by atoms with van der Waals surface area (Å²) in [6.45, 7) is 0.0765. The van der Waals surface area contributed by atoms with Gasteiger partial charge in [0.1, 0.15) is 24.5 Å². The Morgan fingerprint density at radius 2 is 1.80 bits per heavy atom. The van der Waals surface area contributed by atoms with Crippen molar-refractivity contribution in [1.29, 1.82) is 5.26 Å². The molecule has 1 aromatic heterocycles. The number of carboxylic acids is 1. The average molecular weight is 403 g/mol. The van der Waals surface area contributed by atoms with E-state index in [2.05, 4.69) is 10.5 Å². The van der Waals surface area contributed by atoms with Crippen LogP contribution < -0.4 is 5.32 Å². The number of aliphatic carboxylic acids is 1. The number of ether oxygens (including phenoxy) is 1. The summed E-state index contributed by atoms with van der Waals surface area (Å²) in [5.41, 5.74) is 4.36. The van der Waals surface area contributed by atoms with Crippen molar-refractivity contribution < 1.29 is 24.0 Å². The monoisotopic (exact) mass is 403 g/mol. The predicted molar refractivity (Wildman–Crippen MR) is 105 cm³/mol. The zero-order chi connectivity index (χ0) is 21.1. The van der Waals surface area contributed by atoms with E-state index in [1.807, 2.05) is 48.5 Å². The Hall–Kier alpha value is -4.12. The third kappa shape index (κ3) is 3.73. The largest absolute Gasteiger partial charge is 0.480 e. The van der Waals surface area contributed by atoms with Gasteiger partial charge in [-0.25, -0.2) is 9.59 Å². The summed E-state index contributed by atoms with van der Waals surface area (Å²) in [6.07, 6.45) is -1.00. The van der Waals surface area contributed by atoms with Crippen molar-refractivity contribution in [3.63, 3.8) is 0 Å². The van der Waals surface area contributed by atoms with Gasteiger partial charge in [0.25, 0.3) is 0 Å². The molecule has 0 saturated heterocycles. The van der Waals surface area contributed by atoms with Gasteiger partial charge in [-0.05, 0) is 22.3 Å². The minimum Gasteiger partial charge on any atom is -0.480 e. The number of amides is 1. The number of rotatable bonds is 6. The first-order valence-electron chi connectivity index (χ1n) is 9.27. The lowest BCUT2D eigenvalue weighted by molar-refractivity contribution is -0.139. The summed E-state index contributed by atoms with van der Waals surface area (Å²) in [5, 5.41) is 24.0. The van der Waals surface area contributed by atoms with Crippen molar-refractivity contribution in [2.24, 2.45) is 0 Å². The van der Waals surface area contributed by atoms with E-state index in [0.717, 1.165) is 22.3 Å². The van der Waals surface area contributed by atoms with Crippen molar-refractivity contribution in [2.45, 2.75) is 18.4 Å². The third-order valence-electron chi connectivity index (χ3n) is 5.01. The topological polar surface area (TPSA) is 125 Å². The van der Waals surface area contributed by atoms with Gasteiger partial charge in [-0.15, -0.1) is 0 Å². The number of alkyl carbamates (subject to hydrolysis) is 1. The molecule has 1 atom stereocenters. The molecule has 1 aliphatic carbocycles. The van der Waals surface area contributed by atoms with Crippen LogP contribution in [0.25, 0.3) is 11.1 Å². The van der Waals surface area contributed by atoms with Crippen molar-refractivity contribution in [3.05, 3.63) is 77.2 Å². The summed E-state index contributed by atoms with van der Waals surface area (Å²) >= 11 is 0. The maximum atomic E-state index is 12.3. The molecule has 3 aromatic rings. The molecule has 8 nitrogen and oxygen atoms in total. The van der Waals surface area contributed by atoms with E-state index >= 15 is 0 Å². The standard InChI is InChI=1S/C22H17N3O5/c23-11-13-9-14(30-25-13)10-20(21(26)27)24-22(28)29-12-19-17-7-3-1-5-15(17)16-6-2-4-8-18(16)19/h1-9,19-20H,10,12H2,(H,24,28)(H,26,27)/t20-/m0/s1. The summed E-state index contributed by atoms with van der Waals surface area (Å²) in [7, 11) is 0. The zero-order valence-corrected chi connectivity index (χ0v) is 15.7. The summed E-state index contributed by atoms with van der Waals surface area (Å²) < 4.78 is 10.3. The number of carbonyl (C=O) groups excluding carboxylic acids is 1. The fourth-order valence-corrected chi connectivity index (χ4v) is 3.65. The third-order valence-corrected chi connectivity index (χ3v) is 5.01. The van der Waals surface area contributed by atoms with Crippen LogP contribution >= 0.6 is 0 Å². The van der Waals surface area contributed by atoms with E-state index in [-0.39, 0.29) is 30.4 Å². The van der Waals surface area contributed by atoms with E-state index in [4.69, 9.17) is 14.5 Å². The molecule has 0 aliphatic heterocycles. The molecule has 0 fully saturated rings. The second-order valence-corrected chi connectivity index (χ2v) is 6.86. The van der Waals surface area contributed by atoms with Crippen molar-refractivity contribution in [3.8, 4) is 17.2 Å². The Morgan fingerprint density at radius 1 is 1.17 bits per heavy atom. The zero-order valence-electron chi connectivity index (χ0n) is 15.7. The van der Waals surface area contributed by atoms with Crippen LogP contribution in [0.15, 0.2) is 59.1 Å². The number of hydrogen-bond acceptors (Lipinski definition) is 6. The Balaban J connectivity index is 1.43. The molecule has 0 unspecified atom stereocenters. The first-order valence-corrected chi connectivity index (χ1v) is 9.27. The van der Waals surface area contributed by atoms with Gasteiger partial charge < -0.3 is 19.7 Å². The number of hydrogen-bond donors (Lipinski definition) is 2. The Labute approximate surface area is 171 Å². The Kier molecular flexibility index (Phi) is 5.18. The quantitative estimate of drug-likeness (QED) is 0.648. The van der Waals surface area contributed by atoms with E-state index in [1.54, 1.807) is 6.07 Å². The summed E-state index contributed by atoms with van der Waals surface area (Å²) in [6, 6.07) is 17.7. The van der Waals surface area contributed by atoms with Gasteiger partial charge in [-0.2, -0.15) is 5.26 Å². The molecule has 8 heteroatoms. The van der Waals surface area contributed by atoms with Gasteiger partial charge in [0.05, 0.1) is 0 Å². The van der Waals surface area contributed by atoms with Gasteiger partial charge in [0, 0.05) is 18.4 Å². The number of carboxylic acid groups (broad SMARTS) is 1. The number of aromatic nitrogens is 1. The average Bonchev–Trinajstić information content (AvgIpc) is 3.34. The molecule has 2 N–H and O–H groups in total. The first kappa shape index (κ1) is 19.2. The van der Waals surface area contributed by atoms with Crippen LogP contribution in [0.2, 0.25) is 0 Å². The first-order chi connectivity index (χ1) is 14.6. The van der Waals surface area contributed by atoms with Crippen LogP contribution in [0.1, 0.15) is 28.5 Å². The number of nitrogens with zero attached hydrogens (tertiary/aromatic N) is 2. The highest BCUT2D eigenvalue weighted by Gasteiger charge is 2.30. The molecule has 150 valence electrons. The molecule has 1 amide bonds. The highest BCUT2D eigenvalue weighted by Crippen LogP contribution is 2.44. The maximum absolute atomic E-state index is 12.3. The molecular formula is C22H17N3O5. The maximum Gasteiger partial charge on any atom is 0.407 e. The number of nitriles is 1. The van der Waals surface area contributed by atoms with Crippen LogP contribution in [0.3, 0.4) is 0 Å². The molecule has 4 rings (SSSR count). The number of carbonyl (C=O) groups is 2. The molecular weight excluding hydrogens is 386 g/mol. The van der Waals surface area contributed by atoms with Gasteiger partial charge in [0.2, 0.25) is 0 Å². The molecule has 0 radical (unpaired) electrons. The highest BCUT2D eigenvalue weighted by molar-refractivity contribution is 5.81. The smallest absolute Gasteiger partial charge is 0.407 e. The van der Waals surface area contributed by atoms with Crippen molar-refractivity contribution in [2.75, 3.05) is 6.61 Å². The van der Waals surface area contributed by atoms with E-state index < -0.39 is 18.1 Å². The highest BCUT2D eigenvalue weighted by atomic mass is 16.5. The normalized spacial score (nSPS) is 13.0. The number of nitrogens with one attached hydrogen (secondary N) is 1. The van der Waals surface area contributed by atoms with Gasteiger partial charge in [0.15, 0.2) is 5.69 Å². The van der Waals surface area contributed by atoms with Gasteiger partial charge in [-0.3, -0.25) is 0 Å². The lowest BCUT2D eigenvalue weighted by Gasteiger charge is -2.17. The second kappa shape index (κ2) is 8.09. The molecule has 0 spiro atoms. The van der Waals surface area contributed by atoms with E-state index in [0.29, 0.717) is 0 Å². The Morgan fingerprint density at radius 3 is 2.37 bits per heavy atom. The van der Waals surface area contributed by atoms with Crippen LogP contribution in [0.4, 0.5) is 4.79 Å². The lowest BCUT2D eigenvalue weighted by Crippen LogP contribution is -2.42. The Bertz CT molecular complexity index is 1100. The van der Waals surface area contributed by atoms with Crippen molar-refractivity contribution in [1.82, 2.24) is 10.5 Å². The fourth-order valence-electron chi connectivity index (χ4n) is 3.65. The fraction of sp³-hybridized carbons (Fsp3) is 0.182. The predicted octanol–water partition coefficient (Wildman–Crippen LogP) is 3.08.